The molecule has 2 heterocycles. The maximum atomic E-state index is 12.8. The minimum atomic E-state index is 0.126. The molecule has 148 valence electrons. The van der Waals surface area contributed by atoms with Gasteiger partial charge in [-0.2, -0.15) is 0 Å². The predicted molar refractivity (Wildman–Crippen MR) is 113 cm³/mol. The van der Waals surface area contributed by atoms with Gasteiger partial charge in [-0.15, -0.1) is 11.8 Å². The lowest BCUT2D eigenvalue weighted by atomic mass is 10.0. The summed E-state index contributed by atoms with van der Waals surface area (Å²) in [6.45, 7) is 2.18. The molecule has 0 aliphatic carbocycles. The molecule has 2 aromatic carbocycles. The topological polar surface area (TPSA) is 38.8 Å². The maximum Gasteiger partial charge on any atom is 0.233 e. The van der Waals surface area contributed by atoms with Crippen molar-refractivity contribution in [2.24, 2.45) is 0 Å². The number of hydrogen-bond donors (Lipinski definition) is 0. The summed E-state index contributed by atoms with van der Waals surface area (Å²) >= 11 is 7.58. The van der Waals surface area contributed by atoms with Crippen LogP contribution in [0.1, 0.15) is 36.4 Å². The Kier molecular flexibility index (Phi) is 6.33. The van der Waals surface area contributed by atoms with E-state index in [2.05, 4.69) is 12.1 Å². The molecule has 2 aromatic rings. The first-order valence-corrected chi connectivity index (χ1v) is 11.3. The van der Waals surface area contributed by atoms with Gasteiger partial charge in [-0.05, 0) is 48.2 Å². The highest BCUT2D eigenvalue weighted by atomic mass is 35.5. The number of benzene rings is 2. The first-order chi connectivity index (χ1) is 13.7. The number of nitrogens with zero attached hydrogens (tertiary/aromatic N) is 1. The fourth-order valence-corrected chi connectivity index (χ4v) is 4.72. The van der Waals surface area contributed by atoms with Crippen LogP contribution in [0.15, 0.2) is 42.5 Å². The summed E-state index contributed by atoms with van der Waals surface area (Å²) in [5.74, 6) is 3.10. The van der Waals surface area contributed by atoms with E-state index in [1.807, 2.05) is 35.2 Å². The number of ether oxygens (including phenoxy) is 2. The average Bonchev–Trinajstić information content (AvgIpc) is 3.08. The molecular weight excluding hydrogens is 394 g/mol. The maximum absolute atomic E-state index is 12.8. The first-order valence-electron chi connectivity index (χ1n) is 9.72. The highest BCUT2D eigenvalue weighted by molar-refractivity contribution is 7.99. The minimum Gasteiger partial charge on any atom is -0.490 e. The molecule has 0 spiro atoms. The van der Waals surface area contributed by atoms with Crippen molar-refractivity contribution >= 4 is 29.3 Å². The molecule has 0 aromatic heterocycles. The van der Waals surface area contributed by atoms with Crippen LogP contribution in [0.3, 0.4) is 0 Å². The Balaban J connectivity index is 1.38. The lowest BCUT2D eigenvalue weighted by Crippen LogP contribution is -2.32. The number of carbonyl (C=O) groups excluding carboxylic acids is 1. The Labute approximate surface area is 175 Å². The largest absolute Gasteiger partial charge is 0.490 e. The summed E-state index contributed by atoms with van der Waals surface area (Å²) < 4.78 is 11.6. The van der Waals surface area contributed by atoms with Gasteiger partial charge in [-0.1, -0.05) is 29.8 Å². The molecule has 4 rings (SSSR count). The summed E-state index contributed by atoms with van der Waals surface area (Å²) in [4.78, 5) is 14.9. The fraction of sp³-hybridized carbons (Fsp3) is 0.409. The number of carbonyl (C=O) groups is 1. The number of amides is 1. The molecule has 1 atom stereocenters. The number of likely N-dealkylation sites (tertiary alicyclic amines) is 1. The summed E-state index contributed by atoms with van der Waals surface area (Å²) in [5.41, 5.74) is 2.32. The molecule has 0 radical (unpaired) electrons. The summed E-state index contributed by atoms with van der Waals surface area (Å²) in [6, 6.07) is 14.0. The molecule has 6 heteroatoms. The third-order valence-electron chi connectivity index (χ3n) is 5.14. The molecule has 0 saturated carbocycles. The third-order valence-corrected chi connectivity index (χ3v) is 6.38. The molecule has 4 nitrogen and oxygen atoms in total. The van der Waals surface area contributed by atoms with Crippen LogP contribution in [-0.2, 0) is 10.5 Å². The van der Waals surface area contributed by atoms with Crippen LogP contribution in [0.5, 0.6) is 11.5 Å². The molecule has 2 aliphatic heterocycles. The van der Waals surface area contributed by atoms with Crippen LogP contribution in [0, 0.1) is 0 Å². The number of halogens is 1. The van der Waals surface area contributed by atoms with Crippen molar-refractivity contribution in [3.8, 4) is 11.5 Å². The van der Waals surface area contributed by atoms with E-state index in [0.717, 1.165) is 53.6 Å². The van der Waals surface area contributed by atoms with Crippen molar-refractivity contribution in [1.82, 2.24) is 4.90 Å². The van der Waals surface area contributed by atoms with E-state index in [-0.39, 0.29) is 11.9 Å². The number of thioether (sulfide) groups is 1. The van der Waals surface area contributed by atoms with Crippen molar-refractivity contribution in [1.29, 1.82) is 0 Å². The minimum absolute atomic E-state index is 0.126. The Morgan fingerprint density at radius 2 is 1.86 bits per heavy atom. The smallest absolute Gasteiger partial charge is 0.233 e. The van der Waals surface area contributed by atoms with Crippen LogP contribution < -0.4 is 9.47 Å². The fourth-order valence-electron chi connectivity index (χ4n) is 3.72. The summed E-state index contributed by atoms with van der Waals surface area (Å²) in [6.07, 6.45) is 2.92. The molecule has 1 fully saturated rings. The zero-order chi connectivity index (χ0) is 19.3. The van der Waals surface area contributed by atoms with Gasteiger partial charge >= 0.3 is 0 Å². The Morgan fingerprint density at radius 1 is 1.07 bits per heavy atom. The zero-order valence-electron chi connectivity index (χ0n) is 15.7. The molecule has 1 amide bonds. The summed E-state index contributed by atoms with van der Waals surface area (Å²) in [7, 11) is 0. The number of fused-ring (bicyclic) bond motifs is 1. The second-order valence-electron chi connectivity index (χ2n) is 7.12. The van der Waals surface area contributed by atoms with Gasteiger partial charge < -0.3 is 14.4 Å². The van der Waals surface area contributed by atoms with Gasteiger partial charge in [-0.25, -0.2) is 0 Å². The molecule has 0 N–H and O–H groups in total. The quantitative estimate of drug-likeness (QED) is 0.678. The number of rotatable bonds is 5. The van der Waals surface area contributed by atoms with Crippen LogP contribution in [0.25, 0.3) is 0 Å². The van der Waals surface area contributed by atoms with Gasteiger partial charge in [0, 0.05) is 23.7 Å². The Hall–Kier alpha value is -1.85. The van der Waals surface area contributed by atoms with E-state index >= 15 is 0 Å². The molecular formula is C22H24ClNO3S. The van der Waals surface area contributed by atoms with Gasteiger partial charge in [0.2, 0.25) is 5.91 Å². The van der Waals surface area contributed by atoms with Crippen molar-refractivity contribution in [2.45, 2.75) is 31.1 Å². The zero-order valence-corrected chi connectivity index (χ0v) is 17.3. The SMILES string of the molecule is O=C(CSCc1ccc(Cl)cc1)N1CCC[C@@H]1c1ccc2c(c1)OCCCO2. The van der Waals surface area contributed by atoms with Crippen LogP contribution >= 0.6 is 23.4 Å². The standard InChI is InChI=1S/C22H24ClNO3S/c23-18-7-4-16(5-8-18)14-28-15-22(25)24-10-1-3-19(24)17-6-9-20-21(13-17)27-12-2-11-26-20/h4-9,13,19H,1-3,10-12,14-15H2/t19-/m1/s1. The van der Waals surface area contributed by atoms with Gasteiger partial charge in [0.1, 0.15) is 0 Å². The highest BCUT2D eigenvalue weighted by Gasteiger charge is 2.30. The van der Waals surface area contributed by atoms with E-state index in [1.54, 1.807) is 11.8 Å². The normalized spacial score (nSPS) is 18.8. The molecule has 1 saturated heterocycles. The lowest BCUT2D eigenvalue weighted by Gasteiger charge is -2.25. The van der Waals surface area contributed by atoms with E-state index in [9.17, 15) is 4.79 Å². The predicted octanol–water partition coefficient (Wildman–Crippen LogP) is 5.10. The molecule has 2 aliphatic rings. The Bertz CT molecular complexity index is 827. The molecule has 0 unspecified atom stereocenters. The van der Waals surface area contributed by atoms with Gasteiger partial charge in [-0.3, -0.25) is 4.79 Å². The third kappa shape index (κ3) is 4.58. The highest BCUT2D eigenvalue weighted by Crippen LogP contribution is 2.38. The van der Waals surface area contributed by atoms with Crippen LogP contribution in [-0.4, -0.2) is 36.3 Å². The van der Waals surface area contributed by atoms with Crippen molar-refractivity contribution in [3.63, 3.8) is 0 Å². The van der Waals surface area contributed by atoms with E-state index in [1.165, 1.54) is 5.56 Å². The second kappa shape index (κ2) is 9.10. The molecule has 28 heavy (non-hydrogen) atoms. The Morgan fingerprint density at radius 3 is 2.68 bits per heavy atom. The van der Waals surface area contributed by atoms with E-state index in [0.29, 0.717) is 19.0 Å². The first kappa shape index (κ1) is 19.5. The van der Waals surface area contributed by atoms with Gasteiger partial charge in [0.25, 0.3) is 0 Å². The van der Waals surface area contributed by atoms with Crippen molar-refractivity contribution in [3.05, 3.63) is 58.6 Å². The van der Waals surface area contributed by atoms with Crippen molar-refractivity contribution in [2.75, 3.05) is 25.5 Å². The monoisotopic (exact) mass is 417 g/mol. The van der Waals surface area contributed by atoms with E-state index < -0.39 is 0 Å². The van der Waals surface area contributed by atoms with Gasteiger partial charge in [0.15, 0.2) is 11.5 Å². The van der Waals surface area contributed by atoms with Gasteiger partial charge in [0.05, 0.1) is 25.0 Å². The van der Waals surface area contributed by atoms with Crippen LogP contribution in [0.2, 0.25) is 5.02 Å². The number of hydrogen-bond acceptors (Lipinski definition) is 4. The lowest BCUT2D eigenvalue weighted by molar-refractivity contribution is -0.129. The van der Waals surface area contributed by atoms with E-state index in [4.69, 9.17) is 21.1 Å². The summed E-state index contributed by atoms with van der Waals surface area (Å²) in [5, 5.41) is 0.736. The average molecular weight is 418 g/mol. The molecule has 0 bridgehead atoms. The van der Waals surface area contributed by atoms with Crippen LogP contribution in [0.4, 0.5) is 0 Å². The second-order valence-corrected chi connectivity index (χ2v) is 8.54. The van der Waals surface area contributed by atoms with Crippen molar-refractivity contribution < 1.29 is 14.3 Å².